The summed E-state index contributed by atoms with van der Waals surface area (Å²) >= 11 is 0. The zero-order chi connectivity index (χ0) is 18.3. The summed E-state index contributed by atoms with van der Waals surface area (Å²) in [6.45, 7) is 7.30. The maximum Gasteiger partial charge on any atom is 0.325 e. The minimum absolute atomic E-state index is 0.0192. The van der Waals surface area contributed by atoms with Crippen LogP contribution in [-0.4, -0.2) is 53.0 Å². The van der Waals surface area contributed by atoms with E-state index < -0.39 is 5.54 Å². The number of rotatable bonds is 4. The van der Waals surface area contributed by atoms with Gasteiger partial charge in [0.15, 0.2) is 0 Å². The topological polar surface area (TPSA) is 52.7 Å². The van der Waals surface area contributed by atoms with E-state index in [9.17, 15) is 9.59 Å². The number of piperidine rings is 1. The molecule has 0 saturated carbocycles. The molecule has 26 heavy (non-hydrogen) atoms. The third-order valence-electron chi connectivity index (χ3n) is 6.59. The molecule has 4 rings (SSSR count). The molecule has 0 radical (unpaired) electrons. The fourth-order valence-electron chi connectivity index (χ4n) is 5.05. The van der Waals surface area contributed by atoms with Crippen molar-refractivity contribution in [2.45, 2.75) is 57.5 Å². The largest absolute Gasteiger partial charge is 0.325 e. The highest BCUT2D eigenvalue weighted by Crippen LogP contribution is 2.36. The maximum absolute atomic E-state index is 13.3. The van der Waals surface area contributed by atoms with Gasteiger partial charge in [-0.25, -0.2) is 4.79 Å². The second-order valence-corrected chi connectivity index (χ2v) is 8.25. The van der Waals surface area contributed by atoms with Crippen LogP contribution in [0.4, 0.5) is 4.79 Å². The molecule has 1 aliphatic carbocycles. The molecule has 2 saturated heterocycles. The summed E-state index contributed by atoms with van der Waals surface area (Å²) in [7, 11) is 0. The highest BCUT2D eigenvalue weighted by Gasteiger charge is 2.54. The number of benzene rings is 1. The van der Waals surface area contributed by atoms with E-state index in [0.717, 1.165) is 51.7 Å². The van der Waals surface area contributed by atoms with Crippen molar-refractivity contribution in [1.29, 1.82) is 0 Å². The Labute approximate surface area is 155 Å². The summed E-state index contributed by atoms with van der Waals surface area (Å²) in [5.41, 5.74) is 1.78. The standard InChI is InChI=1S/C21H29N3O2/c1-3-10-23-11-8-17(9-12-23)21(2)19(25)24(20(26)22-21)18-13-15-6-4-5-7-16(15)14-18/h4-7,17-18H,3,8-14H2,1-2H3,(H,22,26). The third-order valence-corrected chi connectivity index (χ3v) is 6.59. The van der Waals surface area contributed by atoms with Crippen LogP contribution in [-0.2, 0) is 17.6 Å². The summed E-state index contributed by atoms with van der Waals surface area (Å²) in [5, 5.41) is 3.07. The number of carbonyl (C=O) groups is 2. The second-order valence-electron chi connectivity index (χ2n) is 8.25. The molecule has 2 heterocycles. The number of carbonyl (C=O) groups excluding carboxylic acids is 2. The fourth-order valence-corrected chi connectivity index (χ4v) is 5.05. The minimum Gasteiger partial charge on any atom is -0.323 e. The van der Waals surface area contributed by atoms with Gasteiger partial charge in [0, 0.05) is 6.04 Å². The Morgan fingerprint density at radius 1 is 1.12 bits per heavy atom. The minimum atomic E-state index is -0.746. The molecule has 0 aromatic heterocycles. The molecule has 5 heteroatoms. The highest BCUT2D eigenvalue weighted by atomic mass is 16.2. The van der Waals surface area contributed by atoms with Gasteiger partial charge in [0.2, 0.25) is 0 Å². The van der Waals surface area contributed by atoms with Crippen LogP contribution in [0.15, 0.2) is 24.3 Å². The van der Waals surface area contributed by atoms with Crippen LogP contribution < -0.4 is 5.32 Å². The normalized spacial score (nSPS) is 27.8. The van der Waals surface area contributed by atoms with Gasteiger partial charge in [-0.05, 0) is 75.7 Å². The Kier molecular flexibility index (Phi) is 4.51. The Morgan fingerprint density at radius 3 is 2.31 bits per heavy atom. The molecular weight excluding hydrogens is 326 g/mol. The van der Waals surface area contributed by atoms with Crippen LogP contribution >= 0.6 is 0 Å². The van der Waals surface area contributed by atoms with Crippen LogP contribution in [0.5, 0.6) is 0 Å². The van der Waals surface area contributed by atoms with Crippen molar-refractivity contribution in [3.8, 4) is 0 Å². The number of urea groups is 1. The molecule has 3 aliphatic rings. The van der Waals surface area contributed by atoms with E-state index in [1.807, 2.05) is 19.1 Å². The Bertz CT molecular complexity index is 686. The zero-order valence-electron chi connectivity index (χ0n) is 15.8. The first-order chi connectivity index (χ1) is 12.5. The van der Waals surface area contributed by atoms with Crippen LogP contribution in [0.2, 0.25) is 0 Å². The van der Waals surface area contributed by atoms with Crippen molar-refractivity contribution < 1.29 is 9.59 Å². The van der Waals surface area contributed by atoms with E-state index in [2.05, 4.69) is 29.3 Å². The van der Waals surface area contributed by atoms with Gasteiger partial charge in [-0.15, -0.1) is 0 Å². The van der Waals surface area contributed by atoms with Crippen LogP contribution in [0, 0.1) is 5.92 Å². The molecule has 2 fully saturated rings. The summed E-state index contributed by atoms with van der Waals surface area (Å²) in [4.78, 5) is 30.0. The molecule has 5 nitrogen and oxygen atoms in total. The summed E-state index contributed by atoms with van der Waals surface area (Å²) in [6.07, 6.45) is 4.66. The van der Waals surface area contributed by atoms with Crippen molar-refractivity contribution in [1.82, 2.24) is 15.1 Å². The SMILES string of the molecule is CCCN1CCC(C2(C)NC(=O)N(C3Cc4ccccc4C3)C2=O)CC1. The Morgan fingerprint density at radius 2 is 1.73 bits per heavy atom. The lowest BCUT2D eigenvalue weighted by atomic mass is 9.78. The maximum atomic E-state index is 13.3. The van der Waals surface area contributed by atoms with E-state index in [0.29, 0.717) is 0 Å². The lowest BCUT2D eigenvalue weighted by molar-refractivity contribution is -0.134. The first kappa shape index (κ1) is 17.5. The average Bonchev–Trinajstić information content (AvgIpc) is 3.15. The number of nitrogens with zero attached hydrogens (tertiary/aromatic N) is 2. The van der Waals surface area contributed by atoms with Gasteiger partial charge < -0.3 is 10.2 Å². The van der Waals surface area contributed by atoms with Crippen LogP contribution in [0.3, 0.4) is 0 Å². The second kappa shape index (κ2) is 6.69. The number of nitrogens with one attached hydrogen (secondary N) is 1. The summed E-state index contributed by atoms with van der Waals surface area (Å²) < 4.78 is 0. The van der Waals surface area contributed by atoms with Gasteiger partial charge in [0.1, 0.15) is 5.54 Å². The first-order valence-electron chi connectivity index (χ1n) is 9.98. The smallest absolute Gasteiger partial charge is 0.323 e. The molecule has 2 aliphatic heterocycles. The van der Waals surface area contributed by atoms with E-state index in [1.165, 1.54) is 16.0 Å². The molecule has 0 spiro atoms. The lowest BCUT2D eigenvalue weighted by Crippen LogP contribution is -2.54. The summed E-state index contributed by atoms with van der Waals surface area (Å²) in [6, 6.07) is 8.03. The quantitative estimate of drug-likeness (QED) is 0.845. The number of imide groups is 1. The predicted octanol–water partition coefficient (Wildman–Crippen LogP) is 2.59. The van der Waals surface area contributed by atoms with Crippen molar-refractivity contribution in [3.05, 3.63) is 35.4 Å². The molecule has 1 N–H and O–H groups in total. The van der Waals surface area contributed by atoms with E-state index in [-0.39, 0.29) is 23.9 Å². The number of hydrogen-bond donors (Lipinski definition) is 1. The zero-order valence-corrected chi connectivity index (χ0v) is 15.8. The first-order valence-corrected chi connectivity index (χ1v) is 9.98. The van der Waals surface area contributed by atoms with Gasteiger partial charge in [-0.1, -0.05) is 31.2 Å². The third kappa shape index (κ3) is 2.82. The van der Waals surface area contributed by atoms with Gasteiger partial charge >= 0.3 is 6.03 Å². The molecular formula is C21H29N3O2. The van der Waals surface area contributed by atoms with E-state index in [1.54, 1.807) is 0 Å². The number of likely N-dealkylation sites (tertiary alicyclic amines) is 1. The van der Waals surface area contributed by atoms with Crippen molar-refractivity contribution >= 4 is 11.9 Å². The van der Waals surface area contributed by atoms with Gasteiger partial charge in [-0.2, -0.15) is 0 Å². The molecule has 1 atom stereocenters. The highest BCUT2D eigenvalue weighted by molar-refractivity contribution is 6.07. The van der Waals surface area contributed by atoms with Crippen molar-refractivity contribution in [2.24, 2.45) is 5.92 Å². The average molecular weight is 355 g/mol. The number of amides is 3. The van der Waals surface area contributed by atoms with Gasteiger partial charge in [0.05, 0.1) is 0 Å². The Hall–Kier alpha value is -1.88. The van der Waals surface area contributed by atoms with E-state index in [4.69, 9.17) is 0 Å². The fraction of sp³-hybridized carbons (Fsp3) is 0.619. The Balaban J connectivity index is 1.47. The molecule has 1 aromatic carbocycles. The number of fused-ring (bicyclic) bond motifs is 1. The van der Waals surface area contributed by atoms with Gasteiger partial charge in [0.25, 0.3) is 5.91 Å². The molecule has 3 amide bonds. The van der Waals surface area contributed by atoms with E-state index >= 15 is 0 Å². The molecule has 0 bridgehead atoms. The monoisotopic (exact) mass is 355 g/mol. The van der Waals surface area contributed by atoms with Crippen molar-refractivity contribution in [3.63, 3.8) is 0 Å². The number of hydrogen-bond acceptors (Lipinski definition) is 3. The lowest BCUT2D eigenvalue weighted by Gasteiger charge is -2.39. The molecule has 140 valence electrons. The molecule has 1 aromatic rings. The summed E-state index contributed by atoms with van der Waals surface area (Å²) in [5.74, 6) is 0.204. The van der Waals surface area contributed by atoms with Crippen LogP contribution in [0.1, 0.15) is 44.2 Å². The molecule has 1 unspecified atom stereocenters. The predicted molar refractivity (Wildman–Crippen MR) is 101 cm³/mol. The van der Waals surface area contributed by atoms with Gasteiger partial charge in [-0.3, -0.25) is 9.69 Å². The van der Waals surface area contributed by atoms with Crippen LogP contribution in [0.25, 0.3) is 0 Å². The van der Waals surface area contributed by atoms with Crippen molar-refractivity contribution in [2.75, 3.05) is 19.6 Å².